The van der Waals surface area contributed by atoms with Gasteiger partial charge in [-0.2, -0.15) is 5.10 Å². The fourth-order valence-electron chi connectivity index (χ4n) is 2.73. The Morgan fingerprint density at radius 2 is 2.15 bits per heavy atom. The van der Waals surface area contributed by atoms with Crippen LogP contribution in [0.5, 0.6) is 0 Å². The van der Waals surface area contributed by atoms with Crippen LogP contribution in [0.2, 0.25) is 0 Å². The van der Waals surface area contributed by atoms with Crippen LogP contribution < -0.4 is 5.32 Å². The van der Waals surface area contributed by atoms with Crippen molar-refractivity contribution in [2.24, 2.45) is 0 Å². The lowest BCUT2D eigenvalue weighted by Crippen LogP contribution is -2.42. The van der Waals surface area contributed by atoms with E-state index in [4.69, 9.17) is 0 Å². The molecule has 1 aliphatic heterocycles. The minimum Gasteiger partial charge on any atom is -0.344 e. The zero-order valence-electron chi connectivity index (χ0n) is 12.6. The number of carbonyl (C=O) groups is 2. The van der Waals surface area contributed by atoms with Crippen LogP contribution >= 0.6 is 0 Å². The van der Waals surface area contributed by atoms with Crippen molar-refractivity contribution < 1.29 is 9.59 Å². The first-order chi connectivity index (χ1) is 9.43. The molecule has 1 aromatic heterocycles. The minimum absolute atomic E-state index is 0.0130. The molecule has 0 radical (unpaired) electrons. The van der Waals surface area contributed by atoms with Gasteiger partial charge in [0.15, 0.2) is 0 Å². The maximum Gasteiger partial charge on any atom is 0.244 e. The second-order valence-corrected chi connectivity index (χ2v) is 5.33. The van der Waals surface area contributed by atoms with E-state index >= 15 is 0 Å². The summed E-state index contributed by atoms with van der Waals surface area (Å²) in [6, 6.07) is -0.380. The lowest BCUT2D eigenvalue weighted by molar-refractivity contribution is -0.132. The highest BCUT2D eigenvalue weighted by atomic mass is 16.2. The van der Waals surface area contributed by atoms with Gasteiger partial charge in [0.2, 0.25) is 11.8 Å². The standard InChI is InChI=1S/C14H22N4O2/c1-5-11-9(2)16-18(10(11)3)8-13(19)15-12-6-7-17(4)14(12)20/h12H,5-8H2,1-4H3,(H,15,19)/t12-/m1/s1. The summed E-state index contributed by atoms with van der Waals surface area (Å²) in [5.74, 6) is -0.173. The van der Waals surface area contributed by atoms with Crippen molar-refractivity contribution in [1.29, 1.82) is 0 Å². The quantitative estimate of drug-likeness (QED) is 0.867. The number of likely N-dealkylation sites (tertiary alicyclic amines) is 1. The molecule has 0 aromatic carbocycles. The summed E-state index contributed by atoms with van der Waals surface area (Å²) < 4.78 is 1.71. The third-order valence-corrected chi connectivity index (χ3v) is 3.94. The number of amides is 2. The van der Waals surface area contributed by atoms with E-state index in [0.29, 0.717) is 13.0 Å². The van der Waals surface area contributed by atoms with E-state index in [-0.39, 0.29) is 24.4 Å². The van der Waals surface area contributed by atoms with Crippen LogP contribution in [0.4, 0.5) is 0 Å². The van der Waals surface area contributed by atoms with Crippen molar-refractivity contribution in [3.63, 3.8) is 0 Å². The van der Waals surface area contributed by atoms with E-state index in [1.165, 1.54) is 5.56 Å². The fraction of sp³-hybridized carbons (Fsp3) is 0.643. The second-order valence-electron chi connectivity index (χ2n) is 5.33. The van der Waals surface area contributed by atoms with Gasteiger partial charge < -0.3 is 10.2 Å². The van der Waals surface area contributed by atoms with E-state index in [0.717, 1.165) is 17.8 Å². The Morgan fingerprint density at radius 1 is 1.45 bits per heavy atom. The molecule has 2 rings (SSSR count). The second kappa shape index (κ2) is 5.64. The molecule has 1 atom stereocenters. The highest BCUT2D eigenvalue weighted by Crippen LogP contribution is 2.13. The van der Waals surface area contributed by atoms with Gasteiger partial charge in [-0.3, -0.25) is 14.3 Å². The first kappa shape index (κ1) is 14.6. The lowest BCUT2D eigenvalue weighted by atomic mass is 10.1. The van der Waals surface area contributed by atoms with Crippen LogP contribution in [0.15, 0.2) is 0 Å². The van der Waals surface area contributed by atoms with Gasteiger partial charge in [0.25, 0.3) is 0 Å². The Kier molecular flexibility index (Phi) is 4.11. The molecule has 0 spiro atoms. The van der Waals surface area contributed by atoms with Gasteiger partial charge in [-0.15, -0.1) is 0 Å². The van der Waals surface area contributed by atoms with E-state index in [2.05, 4.69) is 17.3 Å². The van der Waals surface area contributed by atoms with Gasteiger partial charge in [0.05, 0.1) is 5.69 Å². The summed E-state index contributed by atoms with van der Waals surface area (Å²) in [7, 11) is 1.75. The molecule has 0 bridgehead atoms. The molecule has 0 unspecified atom stereocenters. The zero-order chi connectivity index (χ0) is 14.9. The molecule has 1 aromatic rings. The largest absolute Gasteiger partial charge is 0.344 e. The summed E-state index contributed by atoms with van der Waals surface area (Å²) in [6.07, 6.45) is 1.59. The van der Waals surface area contributed by atoms with Gasteiger partial charge in [-0.25, -0.2) is 0 Å². The van der Waals surface area contributed by atoms with Gasteiger partial charge in [-0.05, 0) is 32.3 Å². The number of hydrogen-bond donors (Lipinski definition) is 1. The van der Waals surface area contributed by atoms with Crippen LogP contribution in [0, 0.1) is 13.8 Å². The Morgan fingerprint density at radius 3 is 2.65 bits per heavy atom. The Labute approximate surface area is 119 Å². The third kappa shape index (κ3) is 2.69. The van der Waals surface area contributed by atoms with Crippen molar-refractivity contribution in [3.05, 3.63) is 17.0 Å². The van der Waals surface area contributed by atoms with E-state index in [9.17, 15) is 9.59 Å². The molecule has 2 amide bonds. The number of hydrogen-bond acceptors (Lipinski definition) is 3. The topological polar surface area (TPSA) is 67.2 Å². The fourth-order valence-corrected chi connectivity index (χ4v) is 2.73. The van der Waals surface area contributed by atoms with Gasteiger partial charge in [-0.1, -0.05) is 6.92 Å². The van der Waals surface area contributed by atoms with Crippen LogP contribution in [0.25, 0.3) is 0 Å². The Bertz CT molecular complexity index is 536. The van der Waals surface area contributed by atoms with Crippen molar-refractivity contribution in [2.75, 3.05) is 13.6 Å². The first-order valence-corrected chi connectivity index (χ1v) is 7.01. The Hall–Kier alpha value is -1.85. The average molecular weight is 278 g/mol. The summed E-state index contributed by atoms with van der Waals surface area (Å²) in [4.78, 5) is 25.4. The maximum atomic E-state index is 12.0. The number of rotatable bonds is 4. The number of nitrogens with zero attached hydrogens (tertiary/aromatic N) is 3. The van der Waals surface area contributed by atoms with E-state index in [1.54, 1.807) is 16.6 Å². The highest BCUT2D eigenvalue weighted by molar-refractivity contribution is 5.88. The summed E-state index contributed by atoms with van der Waals surface area (Å²) in [5, 5.41) is 7.18. The SMILES string of the molecule is CCc1c(C)nn(CC(=O)N[C@@H]2CCN(C)C2=O)c1C. The zero-order valence-corrected chi connectivity index (χ0v) is 12.6. The molecule has 1 N–H and O–H groups in total. The van der Waals surface area contributed by atoms with Crippen molar-refractivity contribution in [2.45, 2.75) is 46.2 Å². The molecule has 1 saturated heterocycles. The van der Waals surface area contributed by atoms with Crippen LogP contribution in [0.3, 0.4) is 0 Å². The monoisotopic (exact) mass is 278 g/mol. The minimum atomic E-state index is -0.380. The molecule has 1 aliphatic rings. The van der Waals surface area contributed by atoms with Crippen LogP contribution in [-0.2, 0) is 22.6 Å². The molecule has 2 heterocycles. The maximum absolute atomic E-state index is 12.0. The molecule has 6 heteroatoms. The van der Waals surface area contributed by atoms with Crippen molar-refractivity contribution in [1.82, 2.24) is 20.0 Å². The molecule has 0 saturated carbocycles. The van der Waals surface area contributed by atoms with Crippen molar-refractivity contribution >= 4 is 11.8 Å². The van der Waals surface area contributed by atoms with Crippen molar-refractivity contribution in [3.8, 4) is 0 Å². The number of aromatic nitrogens is 2. The number of likely N-dealkylation sites (N-methyl/N-ethyl adjacent to an activating group) is 1. The molecule has 20 heavy (non-hydrogen) atoms. The molecular weight excluding hydrogens is 256 g/mol. The number of aryl methyl sites for hydroxylation is 1. The summed E-state index contributed by atoms with van der Waals surface area (Å²) >= 11 is 0. The molecule has 0 aliphatic carbocycles. The van der Waals surface area contributed by atoms with E-state index in [1.807, 2.05) is 13.8 Å². The first-order valence-electron chi connectivity index (χ1n) is 7.01. The van der Waals surface area contributed by atoms with Crippen LogP contribution in [-0.4, -0.2) is 46.1 Å². The average Bonchev–Trinajstić information content (AvgIpc) is 2.84. The van der Waals surface area contributed by atoms with Gasteiger partial charge in [0, 0.05) is 19.3 Å². The summed E-state index contributed by atoms with van der Waals surface area (Å²) in [6.45, 7) is 6.87. The smallest absolute Gasteiger partial charge is 0.244 e. The molecular formula is C14H22N4O2. The predicted molar refractivity (Wildman–Crippen MR) is 75.3 cm³/mol. The molecule has 6 nitrogen and oxygen atoms in total. The van der Waals surface area contributed by atoms with Gasteiger partial charge in [0.1, 0.15) is 12.6 Å². The number of nitrogens with one attached hydrogen (secondary N) is 1. The highest BCUT2D eigenvalue weighted by Gasteiger charge is 2.30. The lowest BCUT2D eigenvalue weighted by Gasteiger charge is -2.12. The van der Waals surface area contributed by atoms with Crippen LogP contribution in [0.1, 0.15) is 30.3 Å². The predicted octanol–water partition coefficient (Wildman–Crippen LogP) is 0.409. The molecule has 1 fully saturated rings. The van der Waals surface area contributed by atoms with E-state index < -0.39 is 0 Å². The third-order valence-electron chi connectivity index (χ3n) is 3.94. The van der Waals surface area contributed by atoms with Gasteiger partial charge >= 0.3 is 0 Å². The summed E-state index contributed by atoms with van der Waals surface area (Å²) in [5.41, 5.74) is 3.18. The molecule has 110 valence electrons. The Balaban J connectivity index is 2.00. The number of carbonyl (C=O) groups excluding carboxylic acids is 2. The normalized spacial score (nSPS) is 18.7.